The van der Waals surface area contributed by atoms with E-state index in [0.29, 0.717) is 0 Å². The van der Waals surface area contributed by atoms with E-state index in [1.165, 1.54) is 48.5 Å². The highest BCUT2D eigenvalue weighted by Gasteiger charge is 2.24. The number of imidazole rings is 1. The first-order valence-electron chi connectivity index (χ1n) is 7.07. The van der Waals surface area contributed by atoms with Crippen LogP contribution in [0.3, 0.4) is 0 Å². The normalized spacial score (nSPS) is 14.7. The minimum absolute atomic E-state index is 0.174. The van der Waals surface area contributed by atoms with Crippen LogP contribution in [0.2, 0.25) is 0 Å². The Morgan fingerprint density at radius 1 is 1.15 bits per heavy atom. The minimum Gasteiger partial charge on any atom is -0.217 e. The van der Waals surface area contributed by atoms with Crippen LogP contribution in [0.15, 0.2) is 36.7 Å². The Balaban J connectivity index is 1.73. The van der Waals surface area contributed by atoms with E-state index in [4.69, 9.17) is 0 Å². The molecule has 0 saturated heterocycles. The fourth-order valence-electron chi connectivity index (χ4n) is 2.97. The molecule has 1 aliphatic carbocycles. The van der Waals surface area contributed by atoms with E-state index in [1.807, 2.05) is 23.5 Å². The van der Waals surface area contributed by atoms with Crippen LogP contribution in [0.1, 0.15) is 29.0 Å². The van der Waals surface area contributed by atoms with Crippen molar-refractivity contribution >= 4 is 16.3 Å². The minimum atomic E-state index is -0.174. The molecule has 0 bridgehead atoms. The molecule has 1 aliphatic rings. The van der Waals surface area contributed by atoms with E-state index in [1.54, 1.807) is 4.88 Å². The van der Waals surface area contributed by atoms with E-state index in [-0.39, 0.29) is 5.82 Å². The molecule has 20 heavy (non-hydrogen) atoms. The number of benzene rings is 1. The third kappa shape index (κ3) is 1.95. The Morgan fingerprint density at radius 2 is 1.95 bits per heavy atom. The van der Waals surface area contributed by atoms with Gasteiger partial charge in [-0.3, -0.25) is 0 Å². The highest BCUT2D eigenvalue weighted by molar-refractivity contribution is 7.16. The number of hydrogen-bond donors (Lipinski definition) is 0. The quantitative estimate of drug-likeness (QED) is 0.639. The molecule has 0 spiro atoms. The molecule has 2 heterocycles. The fraction of sp³-hybridized carbons (Fsp3) is 0.312. The summed E-state index contributed by atoms with van der Waals surface area (Å²) in [6, 6.07) is 6.78. The van der Waals surface area contributed by atoms with Gasteiger partial charge in [-0.1, -0.05) is 23.5 Å². The van der Waals surface area contributed by atoms with Crippen LogP contribution in [-0.4, -0.2) is 4.40 Å². The highest BCUT2D eigenvalue weighted by Crippen LogP contribution is 2.28. The van der Waals surface area contributed by atoms with E-state index in [2.05, 4.69) is 21.4 Å². The zero-order valence-corrected chi connectivity index (χ0v) is 12.0. The topological polar surface area (TPSA) is 8.29 Å². The number of fused-ring (bicyclic) bond motifs is 3. The lowest BCUT2D eigenvalue weighted by Crippen LogP contribution is -2.31. The number of aromatic nitrogens is 2. The second-order valence-electron chi connectivity index (χ2n) is 5.38. The van der Waals surface area contributed by atoms with Gasteiger partial charge in [0.25, 0.3) is 0 Å². The number of rotatable bonds is 2. The summed E-state index contributed by atoms with van der Waals surface area (Å²) in [6.45, 7) is 0.802. The molecule has 0 aliphatic heterocycles. The Labute approximate surface area is 121 Å². The lowest BCUT2D eigenvalue weighted by molar-refractivity contribution is -0.659. The maximum Gasteiger partial charge on any atom is 0.346 e. The molecule has 2 nitrogen and oxygen atoms in total. The number of hydrogen-bond acceptors (Lipinski definition) is 1. The summed E-state index contributed by atoms with van der Waals surface area (Å²) in [5, 5.41) is 0. The third-order valence-electron chi connectivity index (χ3n) is 4.01. The summed E-state index contributed by atoms with van der Waals surface area (Å²) in [5.41, 5.74) is 2.63. The second kappa shape index (κ2) is 4.70. The molecule has 0 saturated carbocycles. The Bertz CT molecular complexity index is 755. The van der Waals surface area contributed by atoms with Crippen molar-refractivity contribution in [2.75, 3.05) is 0 Å². The first-order valence-corrected chi connectivity index (χ1v) is 7.88. The molecule has 4 heteroatoms. The fourth-order valence-corrected chi connectivity index (χ4v) is 4.27. The Morgan fingerprint density at radius 3 is 2.80 bits per heavy atom. The summed E-state index contributed by atoms with van der Waals surface area (Å²) < 4.78 is 17.6. The van der Waals surface area contributed by atoms with Crippen LogP contribution in [0, 0.1) is 5.82 Å². The van der Waals surface area contributed by atoms with Crippen molar-refractivity contribution in [2.45, 2.75) is 32.2 Å². The lowest BCUT2D eigenvalue weighted by Gasteiger charge is -2.06. The Hall–Kier alpha value is -1.68. The Kier molecular flexibility index (Phi) is 2.84. The molecule has 1 aromatic carbocycles. The van der Waals surface area contributed by atoms with Crippen molar-refractivity contribution in [3.63, 3.8) is 0 Å². The van der Waals surface area contributed by atoms with Gasteiger partial charge in [-0.25, -0.2) is 8.96 Å². The van der Waals surface area contributed by atoms with Gasteiger partial charge >= 0.3 is 4.96 Å². The first kappa shape index (κ1) is 12.1. The highest BCUT2D eigenvalue weighted by atomic mass is 32.1. The summed E-state index contributed by atoms with van der Waals surface area (Å²) in [5.74, 6) is -0.174. The predicted octanol–water partition coefficient (Wildman–Crippen LogP) is 3.35. The molecule has 0 amide bonds. The van der Waals surface area contributed by atoms with Gasteiger partial charge in [0, 0.05) is 6.42 Å². The average molecular weight is 287 g/mol. The summed E-state index contributed by atoms with van der Waals surface area (Å²) in [6.07, 6.45) is 9.33. The van der Waals surface area contributed by atoms with Gasteiger partial charge < -0.3 is 0 Å². The smallest absolute Gasteiger partial charge is 0.217 e. The van der Waals surface area contributed by atoms with Crippen molar-refractivity contribution in [1.82, 2.24) is 4.40 Å². The zero-order chi connectivity index (χ0) is 13.5. The van der Waals surface area contributed by atoms with Crippen LogP contribution in [-0.2, 0) is 19.4 Å². The number of aryl methyl sites for hydroxylation is 2. The molecular weight excluding hydrogens is 271 g/mol. The molecule has 0 atom stereocenters. The average Bonchev–Trinajstić information content (AvgIpc) is 3.01. The van der Waals surface area contributed by atoms with E-state index in [0.717, 1.165) is 12.1 Å². The van der Waals surface area contributed by atoms with E-state index < -0.39 is 0 Å². The van der Waals surface area contributed by atoms with E-state index in [9.17, 15) is 4.39 Å². The zero-order valence-electron chi connectivity index (χ0n) is 11.2. The molecule has 2 aromatic heterocycles. The van der Waals surface area contributed by atoms with E-state index >= 15 is 0 Å². The molecular formula is C16H16FN2S+. The van der Waals surface area contributed by atoms with Gasteiger partial charge in [0.1, 0.15) is 30.4 Å². The van der Waals surface area contributed by atoms with Crippen molar-refractivity contribution in [3.8, 4) is 0 Å². The van der Waals surface area contributed by atoms with Gasteiger partial charge in [-0.15, -0.1) is 0 Å². The maximum absolute atomic E-state index is 13.0. The number of halogens is 1. The van der Waals surface area contributed by atoms with Crippen molar-refractivity contribution in [3.05, 3.63) is 58.6 Å². The monoisotopic (exact) mass is 287 g/mol. The van der Waals surface area contributed by atoms with Crippen molar-refractivity contribution in [2.24, 2.45) is 0 Å². The molecule has 0 fully saturated rings. The van der Waals surface area contributed by atoms with Crippen molar-refractivity contribution in [1.29, 1.82) is 0 Å². The van der Waals surface area contributed by atoms with Gasteiger partial charge in [0.15, 0.2) is 0 Å². The van der Waals surface area contributed by atoms with Crippen LogP contribution >= 0.6 is 11.3 Å². The van der Waals surface area contributed by atoms with Crippen molar-refractivity contribution < 1.29 is 8.96 Å². The van der Waals surface area contributed by atoms with Gasteiger partial charge in [0.05, 0.1) is 4.88 Å². The van der Waals surface area contributed by atoms with Crippen LogP contribution in [0.25, 0.3) is 4.96 Å². The molecule has 4 rings (SSSR count). The van der Waals surface area contributed by atoms with Gasteiger partial charge in [0.2, 0.25) is 0 Å². The molecule has 102 valence electrons. The standard InChI is InChI=1S/C16H16FN2S/c17-13-7-5-12(6-8-13)11-18-9-10-19-14-3-1-2-4-15(14)20-16(18)19/h5-10H,1-4,11H2/q+1. The number of thiazole rings is 1. The molecule has 0 radical (unpaired) electrons. The van der Waals surface area contributed by atoms with Crippen LogP contribution in [0.5, 0.6) is 0 Å². The van der Waals surface area contributed by atoms with Crippen LogP contribution < -0.4 is 4.57 Å². The van der Waals surface area contributed by atoms with Crippen LogP contribution in [0.4, 0.5) is 4.39 Å². The second-order valence-corrected chi connectivity index (χ2v) is 6.45. The molecule has 3 aromatic rings. The summed E-state index contributed by atoms with van der Waals surface area (Å²) >= 11 is 1.91. The SMILES string of the molecule is Fc1ccc(C[n+]2ccn3c4c(sc32)CCCC4)cc1. The predicted molar refractivity (Wildman–Crippen MR) is 77.6 cm³/mol. The third-order valence-corrected chi connectivity index (χ3v) is 5.31. The number of nitrogens with zero attached hydrogens (tertiary/aromatic N) is 2. The maximum atomic E-state index is 13.0. The lowest BCUT2D eigenvalue weighted by atomic mass is 10.0. The summed E-state index contributed by atoms with van der Waals surface area (Å²) in [7, 11) is 0. The first-order chi connectivity index (χ1) is 9.81. The summed E-state index contributed by atoms with van der Waals surface area (Å²) in [4.78, 5) is 2.83. The van der Waals surface area contributed by atoms with Gasteiger partial charge in [-0.05, 0) is 37.0 Å². The molecule has 0 N–H and O–H groups in total. The van der Waals surface area contributed by atoms with Gasteiger partial charge in [-0.2, -0.15) is 4.40 Å². The molecule has 0 unspecified atom stereocenters. The largest absolute Gasteiger partial charge is 0.346 e.